The molecule has 1 heterocycles. The van der Waals surface area contributed by atoms with E-state index in [9.17, 15) is 0 Å². The number of allylic oxidation sites excluding steroid dienone is 3. The van der Waals surface area contributed by atoms with Crippen molar-refractivity contribution in [1.29, 1.82) is 0 Å². The van der Waals surface area contributed by atoms with Crippen LogP contribution in [0.1, 0.15) is 6.92 Å². The van der Waals surface area contributed by atoms with Crippen LogP contribution < -0.4 is 0 Å². The van der Waals surface area contributed by atoms with Crippen molar-refractivity contribution in [3.8, 4) is 0 Å². The number of hydrogen-bond acceptors (Lipinski definition) is 1. The molecular formula is C9H12O. The molecule has 1 heteroatoms. The Balaban J connectivity index is 2.77. The molecule has 0 radical (unpaired) electrons. The van der Waals surface area contributed by atoms with Crippen LogP contribution in [0.4, 0.5) is 0 Å². The zero-order valence-electron chi connectivity index (χ0n) is 6.26. The van der Waals surface area contributed by atoms with Gasteiger partial charge in [0.1, 0.15) is 0 Å². The van der Waals surface area contributed by atoms with Crippen molar-refractivity contribution in [1.82, 2.24) is 0 Å². The predicted octanol–water partition coefficient (Wildman–Crippen LogP) is 2.08. The molecule has 1 fully saturated rings. The van der Waals surface area contributed by atoms with Gasteiger partial charge >= 0.3 is 0 Å². The van der Waals surface area contributed by atoms with E-state index in [1.54, 1.807) is 6.08 Å². The number of ether oxygens (including phenoxy) is 1. The minimum absolute atomic E-state index is 0.742. The Bertz CT molecular complexity index is 187. The van der Waals surface area contributed by atoms with E-state index in [0.29, 0.717) is 0 Å². The fourth-order valence-corrected chi connectivity index (χ4v) is 1.02. The first-order valence-corrected chi connectivity index (χ1v) is 3.43. The van der Waals surface area contributed by atoms with Gasteiger partial charge in [0.15, 0.2) is 0 Å². The molecule has 0 N–H and O–H groups in total. The SMILES string of the molecule is C=CC=C1COCC1=CC. The molecular weight excluding hydrogens is 124 g/mol. The summed E-state index contributed by atoms with van der Waals surface area (Å²) in [5.41, 5.74) is 2.55. The maximum atomic E-state index is 5.23. The molecule has 0 aromatic heterocycles. The highest BCUT2D eigenvalue weighted by Gasteiger charge is 2.10. The van der Waals surface area contributed by atoms with E-state index in [1.165, 1.54) is 11.1 Å². The molecule has 0 aromatic rings. The van der Waals surface area contributed by atoms with Crippen molar-refractivity contribution in [2.24, 2.45) is 0 Å². The number of hydrogen-bond donors (Lipinski definition) is 0. The molecule has 0 amide bonds. The summed E-state index contributed by atoms with van der Waals surface area (Å²) in [6.45, 7) is 7.16. The van der Waals surface area contributed by atoms with Gasteiger partial charge in [-0.15, -0.1) is 0 Å². The van der Waals surface area contributed by atoms with Crippen molar-refractivity contribution < 1.29 is 4.74 Å². The second kappa shape index (κ2) is 3.37. The Morgan fingerprint density at radius 3 is 2.70 bits per heavy atom. The van der Waals surface area contributed by atoms with Crippen molar-refractivity contribution >= 4 is 0 Å². The van der Waals surface area contributed by atoms with E-state index in [0.717, 1.165) is 13.2 Å². The van der Waals surface area contributed by atoms with Crippen molar-refractivity contribution in [2.75, 3.05) is 13.2 Å². The molecule has 1 nitrogen and oxygen atoms in total. The molecule has 0 aromatic carbocycles. The summed E-state index contributed by atoms with van der Waals surface area (Å²) >= 11 is 0. The van der Waals surface area contributed by atoms with E-state index in [1.807, 2.05) is 13.0 Å². The Morgan fingerprint density at radius 2 is 2.10 bits per heavy atom. The van der Waals surface area contributed by atoms with Gasteiger partial charge in [0.05, 0.1) is 13.2 Å². The van der Waals surface area contributed by atoms with Gasteiger partial charge in [-0.3, -0.25) is 0 Å². The Hall–Kier alpha value is -0.820. The molecule has 1 aliphatic rings. The van der Waals surface area contributed by atoms with Gasteiger partial charge in [0.2, 0.25) is 0 Å². The molecule has 1 aliphatic heterocycles. The molecule has 0 atom stereocenters. The van der Waals surface area contributed by atoms with E-state index in [-0.39, 0.29) is 0 Å². The molecule has 0 saturated carbocycles. The minimum atomic E-state index is 0.742. The highest BCUT2D eigenvalue weighted by molar-refractivity contribution is 5.36. The summed E-state index contributed by atoms with van der Waals surface area (Å²) in [5, 5.41) is 0. The van der Waals surface area contributed by atoms with Crippen LogP contribution in [-0.4, -0.2) is 13.2 Å². The third-order valence-corrected chi connectivity index (χ3v) is 1.60. The van der Waals surface area contributed by atoms with Crippen LogP contribution in [0.25, 0.3) is 0 Å². The van der Waals surface area contributed by atoms with Gasteiger partial charge in [0.25, 0.3) is 0 Å². The fraction of sp³-hybridized carbons (Fsp3) is 0.333. The summed E-state index contributed by atoms with van der Waals surface area (Å²) in [6, 6.07) is 0. The molecule has 0 spiro atoms. The average molecular weight is 136 g/mol. The Labute approximate surface area is 61.7 Å². The first kappa shape index (κ1) is 7.29. The van der Waals surface area contributed by atoms with Gasteiger partial charge < -0.3 is 4.74 Å². The van der Waals surface area contributed by atoms with Crippen LogP contribution in [0, 0.1) is 0 Å². The summed E-state index contributed by atoms with van der Waals surface area (Å²) < 4.78 is 5.23. The molecule has 54 valence electrons. The lowest BCUT2D eigenvalue weighted by atomic mass is 10.1. The van der Waals surface area contributed by atoms with E-state index >= 15 is 0 Å². The molecule has 0 bridgehead atoms. The summed E-state index contributed by atoms with van der Waals surface area (Å²) in [6.07, 6.45) is 5.89. The largest absolute Gasteiger partial charge is 0.372 e. The summed E-state index contributed by atoms with van der Waals surface area (Å²) in [4.78, 5) is 0. The molecule has 10 heavy (non-hydrogen) atoms. The quantitative estimate of drug-likeness (QED) is 0.536. The van der Waals surface area contributed by atoms with Crippen molar-refractivity contribution in [2.45, 2.75) is 6.92 Å². The van der Waals surface area contributed by atoms with Crippen LogP contribution >= 0.6 is 0 Å². The smallest absolute Gasteiger partial charge is 0.0724 e. The third-order valence-electron chi connectivity index (χ3n) is 1.60. The van der Waals surface area contributed by atoms with Crippen LogP contribution in [0.2, 0.25) is 0 Å². The summed E-state index contributed by atoms with van der Waals surface area (Å²) in [5.74, 6) is 0. The maximum Gasteiger partial charge on any atom is 0.0724 e. The van der Waals surface area contributed by atoms with Crippen LogP contribution in [-0.2, 0) is 4.74 Å². The van der Waals surface area contributed by atoms with Crippen molar-refractivity contribution in [3.63, 3.8) is 0 Å². The fourth-order valence-electron chi connectivity index (χ4n) is 1.02. The van der Waals surface area contributed by atoms with Crippen LogP contribution in [0.5, 0.6) is 0 Å². The normalized spacial score (nSPS) is 26.1. The molecule has 0 aliphatic carbocycles. The van der Waals surface area contributed by atoms with Gasteiger partial charge in [0, 0.05) is 0 Å². The van der Waals surface area contributed by atoms with E-state index < -0.39 is 0 Å². The first-order chi connectivity index (χ1) is 4.88. The van der Waals surface area contributed by atoms with Crippen molar-refractivity contribution in [3.05, 3.63) is 36.0 Å². The lowest BCUT2D eigenvalue weighted by molar-refractivity contribution is 0.215. The molecule has 1 rings (SSSR count). The van der Waals surface area contributed by atoms with E-state index in [2.05, 4.69) is 12.7 Å². The topological polar surface area (TPSA) is 9.23 Å². The predicted molar refractivity (Wildman–Crippen MR) is 42.9 cm³/mol. The second-order valence-electron chi connectivity index (χ2n) is 2.23. The number of rotatable bonds is 1. The lowest BCUT2D eigenvalue weighted by Gasteiger charge is -1.92. The lowest BCUT2D eigenvalue weighted by Crippen LogP contribution is -1.82. The highest BCUT2D eigenvalue weighted by Crippen LogP contribution is 2.17. The highest BCUT2D eigenvalue weighted by atomic mass is 16.5. The average Bonchev–Trinajstić information content (AvgIpc) is 2.36. The zero-order chi connectivity index (χ0) is 7.40. The van der Waals surface area contributed by atoms with E-state index in [4.69, 9.17) is 4.74 Å². The molecule has 1 saturated heterocycles. The zero-order valence-corrected chi connectivity index (χ0v) is 6.26. The summed E-state index contributed by atoms with van der Waals surface area (Å²) in [7, 11) is 0. The van der Waals surface area contributed by atoms with Crippen LogP contribution in [0.15, 0.2) is 36.0 Å². The Kier molecular flexibility index (Phi) is 2.46. The minimum Gasteiger partial charge on any atom is -0.372 e. The maximum absolute atomic E-state index is 5.23. The standard InChI is InChI=1S/C9H12O/c1-3-5-9-7-10-6-8(9)4-2/h3-5H,1,6-7H2,2H3. The second-order valence-corrected chi connectivity index (χ2v) is 2.23. The third kappa shape index (κ3) is 1.36. The first-order valence-electron chi connectivity index (χ1n) is 3.43. The Morgan fingerprint density at radius 1 is 1.40 bits per heavy atom. The van der Waals surface area contributed by atoms with Crippen LogP contribution in [0.3, 0.4) is 0 Å². The van der Waals surface area contributed by atoms with Gasteiger partial charge in [-0.2, -0.15) is 0 Å². The van der Waals surface area contributed by atoms with Gasteiger partial charge in [-0.1, -0.05) is 24.8 Å². The van der Waals surface area contributed by atoms with Gasteiger partial charge in [-0.05, 0) is 18.1 Å². The molecule has 0 unspecified atom stereocenters. The monoisotopic (exact) mass is 136 g/mol. The van der Waals surface area contributed by atoms with Gasteiger partial charge in [-0.25, -0.2) is 0 Å².